The van der Waals surface area contributed by atoms with Gasteiger partial charge in [0.25, 0.3) is 0 Å². The van der Waals surface area contributed by atoms with E-state index in [0.29, 0.717) is 0 Å². The summed E-state index contributed by atoms with van der Waals surface area (Å²) in [5, 5.41) is 0. The summed E-state index contributed by atoms with van der Waals surface area (Å²) in [5.41, 5.74) is 0.0345. The molecule has 1 saturated heterocycles. The molecule has 1 aliphatic heterocycles. The second-order valence-corrected chi connectivity index (χ2v) is 9.34. The van der Waals surface area contributed by atoms with Crippen molar-refractivity contribution in [2.45, 2.75) is 38.3 Å². The van der Waals surface area contributed by atoms with Crippen LogP contribution >= 0.6 is 0 Å². The summed E-state index contributed by atoms with van der Waals surface area (Å²) in [4.78, 5) is 12.8. The summed E-state index contributed by atoms with van der Waals surface area (Å²) >= 11 is 0. The Morgan fingerprint density at radius 2 is 1.76 bits per heavy atom. The molecule has 1 heterocycles. The molecule has 0 saturated carbocycles. The molecule has 1 aliphatic carbocycles. The van der Waals surface area contributed by atoms with E-state index in [9.17, 15) is 13.2 Å². The van der Waals surface area contributed by atoms with Gasteiger partial charge in [0.05, 0.1) is 11.5 Å². The summed E-state index contributed by atoms with van der Waals surface area (Å²) in [7, 11) is -3.86. The van der Waals surface area contributed by atoms with Crippen molar-refractivity contribution < 1.29 is 17.9 Å². The van der Waals surface area contributed by atoms with Crippen LogP contribution in [0.25, 0.3) is 0 Å². The predicted octanol–water partition coefficient (Wildman–Crippen LogP) is 2.82. The first-order chi connectivity index (χ1) is 11.6. The fraction of sp³-hybridized carbons (Fsp3) is 0.421. The van der Waals surface area contributed by atoms with E-state index >= 15 is 0 Å². The molecule has 0 unspecified atom stereocenters. The van der Waals surface area contributed by atoms with Gasteiger partial charge in [-0.3, -0.25) is 4.79 Å². The van der Waals surface area contributed by atoms with Gasteiger partial charge in [-0.05, 0) is 42.2 Å². The topological polar surface area (TPSA) is 63.7 Å². The van der Waals surface area contributed by atoms with Crippen molar-refractivity contribution in [3.8, 4) is 0 Å². The third-order valence-corrected chi connectivity index (χ3v) is 6.48. The quantitative estimate of drug-likeness (QED) is 0.813. The summed E-state index contributed by atoms with van der Waals surface area (Å²) in [6.45, 7) is 8.26. The second kappa shape index (κ2) is 5.90. The Labute approximate surface area is 149 Å². The molecule has 3 rings (SSSR count). The molecule has 0 amide bonds. The van der Waals surface area contributed by atoms with Gasteiger partial charge in [0.2, 0.25) is 21.5 Å². The molecule has 0 bridgehead atoms. The van der Waals surface area contributed by atoms with E-state index in [0.717, 1.165) is 11.1 Å². The van der Waals surface area contributed by atoms with Crippen LogP contribution in [0.3, 0.4) is 0 Å². The van der Waals surface area contributed by atoms with Crippen LogP contribution in [-0.2, 0) is 19.6 Å². The Kier molecular flexibility index (Phi) is 4.26. The molecular formula is C19H23NO4S. The lowest BCUT2D eigenvalue weighted by Crippen LogP contribution is -2.53. The number of carbonyl (C=O) groups excluding carboxylic acids is 1. The van der Waals surface area contributed by atoms with Crippen LogP contribution in [0.4, 0.5) is 0 Å². The van der Waals surface area contributed by atoms with Gasteiger partial charge in [-0.1, -0.05) is 44.5 Å². The Bertz CT molecular complexity index is 860. The highest BCUT2D eigenvalue weighted by Gasteiger charge is 2.53. The molecule has 1 aromatic rings. The number of benzene rings is 1. The predicted molar refractivity (Wildman–Crippen MR) is 95.4 cm³/mol. The van der Waals surface area contributed by atoms with Crippen molar-refractivity contribution >= 4 is 15.8 Å². The minimum absolute atomic E-state index is 0.143. The minimum Gasteiger partial charge on any atom is -0.347 e. The maximum atomic E-state index is 13.2. The highest BCUT2D eigenvalue weighted by molar-refractivity contribution is 7.89. The van der Waals surface area contributed by atoms with Gasteiger partial charge in [0.1, 0.15) is 0 Å². The number of ether oxygens (including phenoxy) is 1. The molecular weight excluding hydrogens is 338 g/mol. The maximum Gasteiger partial charge on any atom is 0.246 e. The van der Waals surface area contributed by atoms with Gasteiger partial charge < -0.3 is 4.74 Å². The molecule has 5 nitrogen and oxygen atoms in total. The van der Waals surface area contributed by atoms with Crippen molar-refractivity contribution in [3.63, 3.8) is 0 Å². The van der Waals surface area contributed by atoms with Crippen LogP contribution in [0.1, 0.15) is 26.3 Å². The number of carbonyl (C=O) groups is 1. The van der Waals surface area contributed by atoms with Crippen molar-refractivity contribution in [1.29, 1.82) is 0 Å². The van der Waals surface area contributed by atoms with E-state index in [-0.39, 0.29) is 29.2 Å². The largest absolute Gasteiger partial charge is 0.347 e. The number of ketones is 1. The minimum atomic E-state index is -3.86. The molecule has 1 spiro atoms. The Balaban J connectivity index is 2.10. The maximum absolute atomic E-state index is 13.2. The number of allylic oxidation sites excluding steroid dienone is 2. The monoisotopic (exact) mass is 361 g/mol. The van der Waals surface area contributed by atoms with Gasteiger partial charge >= 0.3 is 0 Å². The van der Waals surface area contributed by atoms with Gasteiger partial charge in [0.15, 0.2) is 0 Å². The average molecular weight is 361 g/mol. The Morgan fingerprint density at radius 1 is 1.12 bits per heavy atom. The molecule has 2 aliphatic rings. The van der Waals surface area contributed by atoms with Crippen LogP contribution in [0, 0.1) is 12.3 Å². The van der Waals surface area contributed by atoms with Crippen molar-refractivity contribution in [3.05, 3.63) is 53.6 Å². The highest BCUT2D eigenvalue weighted by atomic mass is 32.2. The van der Waals surface area contributed by atoms with Crippen molar-refractivity contribution in [1.82, 2.24) is 4.31 Å². The first-order valence-corrected chi connectivity index (χ1v) is 9.71. The lowest BCUT2D eigenvalue weighted by Gasteiger charge is -2.36. The number of aryl methyl sites for hydroxylation is 1. The third kappa shape index (κ3) is 2.99. The van der Waals surface area contributed by atoms with Crippen molar-refractivity contribution in [2.75, 3.05) is 13.2 Å². The number of nitrogens with zero attached hydrogens (tertiary/aromatic N) is 1. The fourth-order valence-corrected chi connectivity index (χ4v) is 4.65. The highest BCUT2D eigenvalue weighted by Crippen LogP contribution is 2.39. The molecule has 0 N–H and O–H groups in total. The van der Waals surface area contributed by atoms with Crippen LogP contribution < -0.4 is 0 Å². The lowest BCUT2D eigenvalue weighted by atomic mass is 9.81. The van der Waals surface area contributed by atoms with E-state index in [4.69, 9.17) is 4.74 Å². The van der Waals surface area contributed by atoms with Crippen LogP contribution in [-0.4, -0.2) is 37.4 Å². The van der Waals surface area contributed by atoms with Crippen molar-refractivity contribution in [2.24, 2.45) is 5.41 Å². The standard InChI is InChI=1S/C19H23NO4S/c1-14-5-8-16(9-6-14)25(22,23)20-11-12-24-19(20)13-15(18(2,3)4)7-10-17(19)21/h5-10,13H,11-12H2,1-4H3/t19-/m1/s1. The molecule has 1 atom stereocenters. The zero-order valence-corrected chi connectivity index (χ0v) is 15.8. The third-order valence-electron chi connectivity index (χ3n) is 4.58. The molecule has 1 aromatic carbocycles. The van der Waals surface area contributed by atoms with Gasteiger partial charge in [-0.25, -0.2) is 8.42 Å². The van der Waals surface area contributed by atoms with E-state index < -0.39 is 15.7 Å². The smallest absolute Gasteiger partial charge is 0.246 e. The van der Waals surface area contributed by atoms with Gasteiger partial charge in [-0.15, -0.1) is 0 Å². The summed E-state index contributed by atoms with van der Waals surface area (Å²) in [5.74, 6) is -0.367. The first-order valence-electron chi connectivity index (χ1n) is 8.27. The summed E-state index contributed by atoms with van der Waals surface area (Å²) in [6.07, 6.45) is 4.82. The molecule has 6 heteroatoms. The fourth-order valence-electron chi connectivity index (χ4n) is 3.05. The molecule has 0 radical (unpaired) electrons. The second-order valence-electron chi connectivity index (χ2n) is 7.48. The summed E-state index contributed by atoms with van der Waals surface area (Å²) in [6, 6.07) is 6.62. The van der Waals surface area contributed by atoms with Crippen LogP contribution in [0.15, 0.2) is 53.0 Å². The zero-order chi connectivity index (χ0) is 18.5. The van der Waals surface area contributed by atoms with Crippen LogP contribution in [0.5, 0.6) is 0 Å². The van der Waals surface area contributed by atoms with Gasteiger partial charge in [0, 0.05) is 6.54 Å². The Hall–Kier alpha value is -1.76. The molecule has 25 heavy (non-hydrogen) atoms. The van der Waals surface area contributed by atoms with Crippen LogP contribution in [0.2, 0.25) is 0 Å². The molecule has 134 valence electrons. The number of hydrogen-bond donors (Lipinski definition) is 0. The van der Waals surface area contributed by atoms with E-state index in [1.54, 1.807) is 36.4 Å². The lowest BCUT2D eigenvalue weighted by molar-refractivity contribution is -0.135. The number of rotatable bonds is 2. The first kappa shape index (κ1) is 18.0. The number of hydrogen-bond acceptors (Lipinski definition) is 4. The SMILES string of the molecule is Cc1ccc(S(=O)(=O)N2CCO[C@@]23C=C(C(C)(C)C)C=CC3=O)cc1. The zero-order valence-electron chi connectivity index (χ0n) is 14.9. The molecule has 0 aromatic heterocycles. The van der Waals surface area contributed by atoms with E-state index in [1.807, 2.05) is 27.7 Å². The van der Waals surface area contributed by atoms with Gasteiger partial charge in [-0.2, -0.15) is 4.31 Å². The summed E-state index contributed by atoms with van der Waals surface area (Å²) < 4.78 is 33.2. The molecule has 1 fully saturated rings. The average Bonchev–Trinajstić information content (AvgIpc) is 2.95. The Morgan fingerprint density at radius 3 is 2.36 bits per heavy atom. The van der Waals surface area contributed by atoms with E-state index in [2.05, 4.69) is 0 Å². The van der Waals surface area contributed by atoms with E-state index in [1.165, 1.54) is 10.4 Å². The normalized spacial score (nSPS) is 24.8. The number of sulfonamides is 1.